The molecule has 3 aromatic rings. The number of para-hydroxylation sites is 1. The number of carbonyl (C=O) groups excluding carboxylic acids is 3. The molecule has 0 radical (unpaired) electrons. The lowest BCUT2D eigenvalue weighted by Crippen LogP contribution is -2.54. The van der Waals surface area contributed by atoms with Crippen LogP contribution in [0.2, 0.25) is 0 Å². The lowest BCUT2D eigenvalue weighted by molar-refractivity contribution is -0.141. The minimum Gasteiger partial charge on any atom is -0.496 e. The Morgan fingerprint density at radius 2 is 1.80 bits per heavy atom. The fourth-order valence-electron chi connectivity index (χ4n) is 3.89. The second kappa shape index (κ2) is 14.0. The van der Waals surface area contributed by atoms with Crippen LogP contribution in [0, 0.1) is 18.7 Å². The maximum Gasteiger partial charge on any atom is 0.305 e. The molecule has 0 aliphatic rings. The summed E-state index contributed by atoms with van der Waals surface area (Å²) in [5.74, 6) is -3.60. The van der Waals surface area contributed by atoms with Gasteiger partial charge in [-0.25, -0.2) is 4.39 Å². The van der Waals surface area contributed by atoms with Gasteiger partial charge >= 0.3 is 5.97 Å². The highest BCUT2D eigenvalue weighted by Crippen LogP contribution is 2.26. The number of hydrogen-bond acceptors (Lipinski definition) is 9. The van der Waals surface area contributed by atoms with Gasteiger partial charge in [0.2, 0.25) is 11.8 Å². The van der Waals surface area contributed by atoms with Gasteiger partial charge in [-0.05, 0) is 43.2 Å². The largest absolute Gasteiger partial charge is 0.496 e. The Bertz CT molecular complexity index is 1410. The summed E-state index contributed by atoms with van der Waals surface area (Å²) in [4.78, 5) is 54.5. The number of methoxy groups -OCH3 is 1. The van der Waals surface area contributed by atoms with Gasteiger partial charge in [0, 0.05) is 11.1 Å². The second-order valence-electron chi connectivity index (χ2n) is 9.48. The summed E-state index contributed by atoms with van der Waals surface area (Å²) in [6.07, 6.45) is -0.905. The van der Waals surface area contributed by atoms with Gasteiger partial charge in [-0.1, -0.05) is 31.1 Å². The number of benzene rings is 2. The number of carbonyl (C=O) groups is 4. The number of hydrogen-bond donors (Lipinski definition) is 3. The SMILES string of the molecule is COc1ccc(-c2nc(C)no2)cc1CC(=O)N[C@H](C(=O)N[C@@H](CC(=O)O)C(=O)COc1ccccc1F)C(C)C. The van der Waals surface area contributed by atoms with Crippen LogP contribution >= 0.6 is 0 Å². The summed E-state index contributed by atoms with van der Waals surface area (Å²) in [7, 11) is 1.45. The van der Waals surface area contributed by atoms with Crippen LogP contribution in [0.25, 0.3) is 11.5 Å². The van der Waals surface area contributed by atoms with Crippen molar-refractivity contribution in [3.8, 4) is 23.0 Å². The van der Waals surface area contributed by atoms with Crippen LogP contribution in [0.3, 0.4) is 0 Å². The van der Waals surface area contributed by atoms with E-state index in [-0.39, 0.29) is 18.1 Å². The summed E-state index contributed by atoms with van der Waals surface area (Å²) in [5, 5.41) is 18.1. The average molecular weight is 571 g/mol. The monoisotopic (exact) mass is 570 g/mol. The van der Waals surface area contributed by atoms with Gasteiger partial charge in [0.1, 0.15) is 24.4 Å². The Balaban J connectivity index is 1.70. The molecule has 0 unspecified atom stereocenters. The number of Topliss-reactive ketones (excluding diaryl/α,β-unsaturated/α-hetero) is 1. The zero-order valence-corrected chi connectivity index (χ0v) is 23.0. The molecule has 1 aromatic heterocycles. The maximum absolute atomic E-state index is 13.8. The minimum atomic E-state index is -1.47. The summed E-state index contributed by atoms with van der Waals surface area (Å²) >= 11 is 0. The normalized spacial score (nSPS) is 12.3. The highest BCUT2D eigenvalue weighted by molar-refractivity contribution is 5.95. The molecule has 0 saturated carbocycles. The molecular weight excluding hydrogens is 539 g/mol. The van der Waals surface area contributed by atoms with Crippen molar-refractivity contribution in [3.05, 3.63) is 59.7 Å². The molecule has 3 N–H and O–H groups in total. The Morgan fingerprint density at radius 3 is 2.41 bits per heavy atom. The van der Waals surface area contributed by atoms with E-state index in [0.717, 1.165) is 6.07 Å². The molecule has 0 aliphatic carbocycles. The summed E-state index contributed by atoms with van der Waals surface area (Å²) in [6.45, 7) is 4.36. The van der Waals surface area contributed by atoms with Crippen molar-refractivity contribution in [1.29, 1.82) is 0 Å². The number of rotatable bonds is 14. The number of carboxylic acid groups (broad SMARTS) is 1. The number of aliphatic carboxylic acids is 1. The maximum atomic E-state index is 13.8. The molecule has 2 aromatic carbocycles. The number of nitrogens with one attached hydrogen (secondary N) is 2. The molecule has 13 heteroatoms. The average Bonchev–Trinajstić information content (AvgIpc) is 3.36. The van der Waals surface area contributed by atoms with Crippen LogP contribution in [0.15, 0.2) is 47.0 Å². The third kappa shape index (κ3) is 8.59. The Morgan fingerprint density at radius 1 is 1.07 bits per heavy atom. The predicted molar refractivity (Wildman–Crippen MR) is 143 cm³/mol. The third-order valence-electron chi connectivity index (χ3n) is 5.96. The number of aromatic nitrogens is 2. The quantitative estimate of drug-likeness (QED) is 0.262. The van der Waals surface area contributed by atoms with Crippen molar-refractivity contribution in [1.82, 2.24) is 20.8 Å². The molecule has 0 fully saturated rings. The fourth-order valence-corrected chi connectivity index (χ4v) is 3.89. The van der Waals surface area contributed by atoms with Crippen molar-refractivity contribution >= 4 is 23.6 Å². The molecule has 0 aliphatic heterocycles. The smallest absolute Gasteiger partial charge is 0.305 e. The number of nitrogens with zero attached hydrogens (tertiary/aromatic N) is 2. The van der Waals surface area contributed by atoms with E-state index in [1.807, 2.05) is 0 Å². The zero-order chi connectivity index (χ0) is 30.1. The van der Waals surface area contributed by atoms with Gasteiger partial charge in [0.05, 0.1) is 20.0 Å². The standard InChI is InChI=1S/C28H31FN4O8/c1-15(2)26(27(38)31-20(13-25(36)37)21(34)14-40-23-8-6-5-7-19(23)29)32-24(35)12-18-11-17(9-10-22(18)39-4)28-30-16(3)33-41-28/h5-11,15,20,26H,12-14H2,1-4H3,(H,31,38)(H,32,35)(H,36,37)/t20-,26-/m0/s1. The van der Waals surface area contributed by atoms with Crippen molar-refractivity contribution in [2.45, 2.75) is 45.7 Å². The predicted octanol–water partition coefficient (Wildman–Crippen LogP) is 2.48. The van der Waals surface area contributed by atoms with Gasteiger partial charge in [-0.15, -0.1) is 0 Å². The van der Waals surface area contributed by atoms with Gasteiger partial charge in [0.15, 0.2) is 23.2 Å². The molecule has 41 heavy (non-hydrogen) atoms. The van der Waals surface area contributed by atoms with E-state index in [9.17, 15) is 28.7 Å². The number of halogens is 1. The van der Waals surface area contributed by atoms with Crippen LogP contribution in [-0.2, 0) is 25.6 Å². The Hall–Kier alpha value is -4.81. The number of ketones is 1. The molecule has 0 bridgehead atoms. The molecule has 3 rings (SSSR count). The van der Waals surface area contributed by atoms with Crippen molar-refractivity contribution < 1.29 is 42.7 Å². The molecule has 2 atom stereocenters. The van der Waals surface area contributed by atoms with Gasteiger partial charge < -0.3 is 29.7 Å². The molecule has 0 saturated heterocycles. The van der Waals surface area contributed by atoms with Gasteiger partial charge in [-0.3, -0.25) is 19.2 Å². The van der Waals surface area contributed by atoms with Crippen molar-refractivity contribution in [3.63, 3.8) is 0 Å². The van der Waals surface area contributed by atoms with E-state index >= 15 is 0 Å². The van der Waals surface area contributed by atoms with Crippen LogP contribution < -0.4 is 20.1 Å². The minimum absolute atomic E-state index is 0.172. The Labute approximate surface area is 235 Å². The first-order valence-electron chi connectivity index (χ1n) is 12.7. The highest BCUT2D eigenvalue weighted by Gasteiger charge is 2.30. The van der Waals surface area contributed by atoms with Crippen LogP contribution in [0.1, 0.15) is 31.7 Å². The van der Waals surface area contributed by atoms with Crippen molar-refractivity contribution in [2.24, 2.45) is 5.92 Å². The number of amides is 2. The Kier molecular flexibility index (Phi) is 10.5. The molecule has 1 heterocycles. The highest BCUT2D eigenvalue weighted by atomic mass is 19.1. The second-order valence-corrected chi connectivity index (χ2v) is 9.48. The van der Waals surface area contributed by atoms with E-state index < -0.39 is 60.4 Å². The molecule has 218 valence electrons. The summed E-state index contributed by atoms with van der Waals surface area (Å²) in [6, 6.07) is 7.84. The van der Waals surface area contributed by atoms with Crippen LogP contribution in [0.4, 0.5) is 4.39 Å². The van der Waals surface area contributed by atoms with Crippen LogP contribution in [0.5, 0.6) is 11.5 Å². The van der Waals surface area contributed by atoms with E-state index in [2.05, 4.69) is 20.8 Å². The van der Waals surface area contributed by atoms with E-state index in [4.69, 9.17) is 14.0 Å². The number of carboxylic acids is 1. The van der Waals surface area contributed by atoms with E-state index in [1.165, 1.54) is 25.3 Å². The third-order valence-corrected chi connectivity index (χ3v) is 5.96. The first-order valence-corrected chi connectivity index (χ1v) is 12.7. The molecule has 0 spiro atoms. The summed E-state index contributed by atoms with van der Waals surface area (Å²) < 4.78 is 29.6. The zero-order valence-electron chi connectivity index (χ0n) is 23.0. The van der Waals surface area contributed by atoms with E-state index in [1.54, 1.807) is 39.0 Å². The first kappa shape index (κ1) is 30.7. The van der Waals surface area contributed by atoms with Crippen LogP contribution in [-0.4, -0.2) is 64.6 Å². The first-order chi connectivity index (χ1) is 19.5. The number of aryl methyl sites for hydroxylation is 1. The lowest BCUT2D eigenvalue weighted by atomic mass is 10.0. The molecule has 12 nitrogen and oxygen atoms in total. The molecular formula is C28H31FN4O8. The summed E-state index contributed by atoms with van der Waals surface area (Å²) in [5.41, 5.74) is 1.06. The molecule has 2 amide bonds. The van der Waals surface area contributed by atoms with Crippen molar-refractivity contribution in [2.75, 3.05) is 13.7 Å². The van der Waals surface area contributed by atoms with Gasteiger partial charge in [-0.2, -0.15) is 4.98 Å². The fraction of sp³-hybridized carbons (Fsp3) is 0.357. The topological polar surface area (TPSA) is 170 Å². The number of ether oxygens (including phenoxy) is 2. The van der Waals surface area contributed by atoms with Gasteiger partial charge in [0.25, 0.3) is 5.89 Å². The lowest BCUT2D eigenvalue weighted by Gasteiger charge is -2.25. The van der Waals surface area contributed by atoms with E-state index in [0.29, 0.717) is 22.7 Å².